The number of likely N-dealkylation sites (tertiary alicyclic amines) is 1. The van der Waals surface area contributed by atoms with Crippen LogP contribution in [0.15, 0.2) is 34.9 Å². The molecule has 1 fully saturated rings. The smallest absolute Gasteiger partial charge is 0.410 e. The molecule has 0 unspecified atom stereocenters. The highest BCUT2D eigenvalue weighted by Gasteiger charge is 2.28. The van der Waals surface area contributed by atoms with E-state index in [2.05, 4.69) is 26.2 Å². The van der Waals surface area contributed by atoms with Crippen LogP contribution in [0.5, 0.6) is 0 Å². The quantitative estimate of drug-likeness (QED) is 0.772. The van der Waals surface area contributed by atoms with Gasteiger partial charge in [-0.15, -0.1) is 0 Å². The average Bonchev–Trinajstić information content (AvgIpc) is 2.61. The molecule has 0 aliphatic carbocycles. The molecule has 7 heteroatoms. The number of hydrogen-bond donors (Lipinski definition) is 1. The highest BCUT2D eigenvalue weighted by molar-refractivity contribution is 9.10. The van der Waals surface area contributed by atoms with E-state index in [-0.39, 0.29) is 18.0 Å². The molecule has 27 heavy (non-hydrogen) atoms. The van der Waals surface area contributed by atoms with Crippen molar-refractivity contribution in [1.82, 2.24) is 15.2 Å². The number of benzene rings is 1. The highest BCUT2D eigenvalue weighted by Crippen LogP contribution is 2.25. The molecule has 0 atom stereocenters. The van der Waals surface area contributed by atoms with Crippen LogP contribution < -0.4 is 5.32 Å². The van der Waals surface area contributed by atoms with E-state index >= 15 is 0 Å². The molecule has 0 saturated carbocycles. The van der Waals surface area contributed by atoms with E-state index in [0.29, 0.717) is 31.6 Å². The first-order chi connectivity index (χ1) is 12.7. The Labute approximate surface area is 167 Å². The molecule has 1 aromatic heterocycles. The highest BCUT2D eigenvalue weighted by atomic mass is 79.9. The minimum Gasteiger partial charge on any atom is -0.444 e. The van der Waals surface area contributed by atoms with Crippen molar-refractivity contribution in [2.24, 2.45) is 0 Å². The van der Waals surface area contributed by atoms with E-state index in [1.165, 1.54) is 0 Å². The lowest BCUT2D eigenvalue weighted by molar-refractivity contribution is 0.0199. The van der Waals surface area contributed by atoms with Crippen molar-refractivity contribution >= 4 is 38.7 Å². The number of amides is 2. The van der Waals surface area contributed by atoms with Gasteiger partial charge in [-0.2, -0.15) is 0 Å². The number of fused-ring (bicyclic) bond motifs is 1. The number of nitrogens with zero attached hydrogens (tertiary/aromatic N) is 2. The van der Waals surface area contributed by atoms with Gasteiger partial charge in [0, 0.05) is 35.2 Å². The first kappa shape index (κ1) is 19.6. The van der Waals surface area contributed by atoms with E-state index in [9.17, 15) is 9.59 Å². The maximum atomic E-state index is 12.7. The Bertz CT molecular complexity index is 855. The SMILES string of the molecule is CC(C)(C)OC(=O)N1CCC(NC(=O)c2ncc(Br)c3ccccc23)CC1. The van der Waals surface area contributed by atoms with Gasteiger partial charge in [0.15, 0.2) is 0 Å². The van der Waals surface area contributed by atoms with Gasteiger partial charge >= 0.3 is 6.09 Å². The fourth-order valence-electron chi connectivity index (χ4n) is 3.13. The molecular weight excluding hydrogens is 410 g/mol. The molecule has 2 amide bonds. The Morgan fingerprint density at radius 1 is 1.19 bits per heavy atom. The van der Waals surface area contributed by atoms with Crippen LogP contribution in [0.4, 0.5) is 4.79 Å². The number of carbonyl (C=O) groups excluding carboxylic acids is 2. The summed E-state index contributed by atoms with van der Waals surface area (Å²) in [6.45, 7) is 6.69. The zero-order chi connectivity index (χ0) is 19.6. The van der Waals surface area contributed by atoms with Crippen LogP contribution in [0.25, 0.3) is 10.8 Å². The molecule has 144 valence electrons. The zero-order valence-electron chi connectivity index (χ0n) is 15.8. The maximum Gasteiger partial charge on any atom is 0.410 e. The summed E-state index contributed by atoms with van der Waals surface area (Å²) in [6.07, 6.45) is 2.74. The van der Waals surface area contributed by atoms with Gasteiger partial charge in [-0.25, -0.2) is 9.78 Å². The molecule has 1 aliphatic heterocycles. The molecule has 1 saturated heterocycles. The first-order valence-electron chi connectivity index (χ1n) is 9.06. The normalized spacial score (nSPS) is 15.6. The van der Waals surface area contributed by atoms with Crippen LogP contribution >= 0.6 is 15.9 Å². The van der Waals surface area contributed by atoms with Crippen molar-refractivity contribution in [3.05, 3.63) is 40.6 Å². The lowest BCUT2D eigenvalue weighted by atomic mass is 10.0. The van der Waals surface area contributed by atoms with Gasteiger partial charge in [-0.05, 0) is 54.9 Å². The molecule has 1 aliphatic rings. The summed E-state index contributed by atoms with van der Waals surface area (Å²) in [4.78, 5) is 30.9. The summed E-state index contributed by atoms with van der Waals surface area (Å²) < 4.78 is 6.27. The molecule has 0 radical (unpaired) electrons. The number of aromatic nitrogens is 1. The number of rotatable bonds is 2. The summed E-state index contributed by atoms with van der Waals surface area (Å²) in [5.41, 5.74) is -0.0837. The maximum absolute atomic E-state index is 12.7. The number of halogens is 1. The topological polar surface area (TPSA) is 71.5 Å². The van der Waals surface area contributed by atoms with Crippen LogP contribution in [0.2, 0.25) is 0 Å². The Hall–Kier alpha value is -2.15. The van der Waals surface area contributed by atoms with Crippen molar-refractivity contribution in [1.29, 1.82) is 0 Å². The number of piperidine rings is 1. The summed E-state index contributed by atoms with van der Waals surface area (Å²) in [5.74, 6) is -0.186. The molecule has 1 aromatic carbocycles. The summed E-state index contributed by atoms with van der Waals surface area (Å²) in [5, 5.41) is 4.83. The second kappa shape index (κ2) is 7.84. The van der Waals surface area contributed by atoms with Gasteiger partial charge in [0.1, 0.15) is 11.3 Å². The third-order valence-electron chi connectivity index (χ3n) is 4.44. The number of carbonyl (C=O) groups is 2. The lowest BCUT2D eigenvalue weighted by Crippen LogP contribution is -2.47. The Kier molecular flexibility index (Phi) is 5.69. The predicted octanol–water partition coefficient (Wildman–Crippen LogP) is 4.13. The Balaban J connectivity index is 1.62. The third kappa shape index (κ3) is 4.77. The van der Waals surface area contributed by atoms with Gasteiger partial charge in [0.05, 0.1) is 0 Å². The number of ether oxygens (including phenoxy) is 1. The van der Waals surface area contributed by atoms with E-state index in [4.69, 9.17) is 4.74 Å². The second-order valence-corrected chi connectivity index (χ2v) is 8.57. The van der Waals surface area contributed by atoms with Crippen LogP contribution in [-0.2, 0) is 4.74 Å². The minimum atomic E-state index is -0.504. The standard InChI is InChI=1S/C20H24BrN3O3/c1-20(2,3)27-19(26)24-10-8-13(9-11-24)23-18(25)17-15-7-5-4-6-14(15)16(21)12-22-17/h4-7,12-13H,8-11H2,1-3H3,(H,23,25). The van der Waals surface area contributed by atoms with E-state index in [0.717, 1.165) is 15.2 Å². The summed E-state index contributed by atoms with van der Waals surface area (Å²) in [7, 11) is 0. The predicted molar refractivity (Wildman–Crippen MR) is 108 cm³/mol. The molecule has 3 rings (SSSR count). The number of hydrogen-bond acceptors (Lipinski definition) is 4. The van der Waals surface area contributed by atoms with Crippen molar-refractivity contribution in [3.63, 3.8) is 0 Å². The molecule has 2 aromatic rings. The lowest BCUT2D eigenvalue weighted by Gasteiger charge is -2.33. The van der Waals surface area contributed by atoms with Gasteiger partial charge in [-0.1, -0.05) is 24.3 Å². The third-order valence-corrected chi connectivity index (χ3v) is 5.08. The molecular formula is C20H24BrN3O3. The fourth-order valence-corrected chi connectivity index (χ4v) is 3.57. The number of pyridine rings is 1. The monoisotopic (exact) mass is 433 g/mol. The van der Waals surface area contributed by atoms with Crippen LogP contribution in [0, 0.1) is 0 Å². The molecule has 0 bridgehead atoms. The molecule has 0 spiro atoms. The first-order valence-corrected chi connectivity index (χ1v) is 9.86. The van der Waals surface area contributed by atoms with E-state index in [1.807, 2.05) is 45.0 Å². The van der Waals surface area contributed by atoms with Gasteiger partial charge in [0.25, 0.3) is 5.91 Å². The molecule has 2 heterocycles. The Morgan fingerprint density at radius 3 is 2.44 bits per heavy atom. The second-order valence-electron chi connectivity index (χ2n) is 7.72. The molecule has 1 N–H and O–H groups in total. The molecule has 6 nitrogen and oxygen atoms in total. The minimum absolute atomic E-state index is 0.0143. The summed E-state index contributed by atoms with van der Waals surface area (Å²) in [6, 6.07) is 7.69. The van der Waals surface area contributed by atoms with Crippen molar-refractivity contribution in [2.45, 2.75) is 45.3 Å². The average molecular weight is 434 g/mol. The zero-order valence-corrected chi connectivity index (χ0v) is 17.4. The van der Waals surface area contributed by atoms with Crippen molar-refractivity contribution < 1.29 is 14.3 Å². The van der Waals surface area contributed by atoms with Crippen LogP contribution in [-0.4, -0.2) is 46.6 Å². The summed E-state index contributed by atoms with van der Waals surface area (Å²) >= 11 is 3.48. The van der Waals surface area contributed by atoms with Gasteiger partial charge in [-0.3, -0.25) is 4.79 Å². The largest absolute Gasteiger partial charge is 0.444 e. The Morgan fingerprint density at radius 2 is 1.81 bits per heavy atom. The van der Waals surface area contributed by atoms with Gasteiger partial charge in [0.2, 0.25) is 0 Å². The van der Waals surface area contributed by atoms with Crippen molar-refractivity contribution in [2.75, 3.05) is 13.1 Å². The van der Waals surface area contributed by atoms with E-state index in [1.54, 1.807) is 11.1 Å². The van der Waals surface area contributed by atoms with Crippen molar-refractivity contribution in [3.8, 4) is 0 Å². The van der Waals surface area contributed by atoms with E-state index < -0.39 is 5.60 Å². The van der Waals surface area contributed by atoms with Crippen LogP contribution in [0.3, 0.4) is 0 Å². The number of nitrogens with one attached hydrogen (secondary N) is 1. The van der Waals surface area contributed by atoms with Crippen LogP contribution in [0.1, 0.15) is 44.1 Å². The fraction of sp³-hybridized carbons (Fsp3) is 0.450. The van der Waals surface area contributed by atoms with Gasteiger partial charge < -0.3 is 15.0 Å².